The van der Waals surface area contributed by atoms with Crippen LogP contribution in [0.1, 0.15) is 41.5 Å². The Balaban J connectivity index is 1.19. The highest BCUT2D eigenvalue weighted by molar-refractivity contribution is 7.99. The first kappa shape index (κ1) is 17.8. The van der Waals surface area contributed by atoms with Crippen molar-refractivity contribution in [3.05, 3.63) is 65.5 Å². The van der Waals surface area contributed by atoms with E-state index < -0.39 is 0 Å². The van der Waals surface area contributed by atoms with E-state index in [4.69, 9.17) is 0 Å². The summed E-state index contributed by atoms with van der Waals surface area (Å²) in [7, 11) is 0. The molecule has 2 atom stereocenters. The number of aromatic amines is 1. The number of nitrogens with zero attached hydrogens (tertiary/aromatic N) is 1. The van der Waals surface area contributed by atoms with Crippen molar-refractivity contribution in [2.75, 3.05) is 11.5 Å². The van der Waals surface area contributed by atoms with Crippen molar-refractivity contribution in [3.63, 3.8) is 0 Å². The molecule has 2 aromatic carbocycles. The van der Waals surface area contributed by atoms with E-state index in [-0.39, 0.29) is 18.0 Å². The van der Waals surface area contributed by atoms with E-state index in [2.05, 4.69) is 44.9 Å². The minimum atomic E-state index is -0.164. The van der Waals surface area contributed by atoms with Crippen LogP contribution in [0.15, 0.2) is 48.8 Å². The number of carbonyl (C=O) groups excluding carboxylic acids is 1. The quantitative estimate of drug-likeness (QED) is 0.622. The van der Waals surface area contributed by atoms with E-state index in [0.717, 1.165) is 34.0 Å². The Morgan fingerprint density at radius 2 is 1.93 bits per heavy atom. The molecule has 0 spiro atoms. The zero-order valence-electron chi connectivity index (χ0n) is 15.7. The van der Waals surface area contributed by atoms with Gasteiger partial charge in [-0.3, -0.25) is 10.1 Å². The van der Waals surface area contributed by atoms with Gasteiger partial charge in [-0.25, -0.2) is 4.98 Å². The zero-order valence-corrected chi connectivity index (χ0v) is 16.5. The largest absolute Gasteiger partial charge is 0.351 e. The average molecular weight is 393 g/mol. The monoisotopic (exact) mass is 392 g/mol. The first-order chi connectivity index (χ1) is 13.8. The highest BCUT2D eigenvalue weighted by Crippen LogP contribution is 2.40. The summed E-state index contributed by atoms with van der Waals surface area (Å²) in [5.74, 6) is 2.66. The summed E-state index contributed by atoms with van der Waals surface area (Å²) in [6.07, 6.45) is 4.34. The minimum Gasteiger partial charge on any atom is -0.351 e. The number of amides is 1. The maximum atomic E-state index is 12.7. The van der Waals surface area contributed by atoms with Gasteiger partial charge in [-0.15, -0.1) is 0 Å². The van der Waals surface area contributed by atoms with Crippen molar-refractivity contribution in [2.45, 2.75) is 37.4 Å². The van der Waals surface area contributed by atoms with E-state index in [0.29, 0.717) is 6.54 Å². The average Bonchev–Trinajstić information content (AvgIpc) is 3.49. The highest BCUT2D eigenvalue weighted by Gasteiger charge is 2.28. The lowest BCUT2D eigenvalue weighted by atomic mass is 10.0. The van der Waals surface area contributed by atoms with Gasteiger partial charge in [0.15, 0.2) is 0 Å². The molecule has 1 amide bonds. The van der Waals surface area contributed by atoms with Crippen LogP contribution in [0.4, 0.5) is 0 Å². The van der Waals surface area contributed by atoms with E-state index in [1.54, 1.807) is 6.33 Å². The molecule has 6 heteroatoms. The second-order valence-electron chi connectivity index (χ2n) is 7.72. The third-order valence-corrected chi connectivity index (χ3v) is 6.76. The molecule has 1 saturated carbocycles. The van der Waals surface area contributed by atoms with Crippen molar-refractivity contribution in [3.8, 4) is 0 Å². The molecule has 3 aromatic rings. The van der Waals surface area contributed by atoms with Crippen LogP contribution in [0.25, 0.3) is 11.0 Å². The lowest BCUT2D eigenvalue weighted by Crippen LogP contribution is -2.50. The fourth-order valence-corrected chi connectivity index (χ4v) is 4.95. The van der Waals surface area contributed by atoms with Gasteiger partial charge in [0.2, 0.25) is 5.91 Å². The topological polar surface area (TPSA) is 69.8 Å². The fraction of sp³-hybridized carbons (Fsp3) is 0.364. The van der Waals surface area contributed by atoms with Crippen LogP contribution in [0, 0.1) is 0 Å². The summed E-state index contributed by atoms with van der Waals surface area (Å²) in [6, 6.07) is 15.1. The molecule has 5 nitrogen and oxygen atoms in total. The standard InChI is InChI=1S/C22H24N4OS/c27-22(23-10-14-1-8-18-19(9-14)25-13-24-18)21-12-28-11-20(26-21)17-6-4-16(5-7-17)15-2-3-15/h1,4-9,13,15,20-21,26H,2-3,10-12H2,(H,23,27)(H,24,25)/t20?,21-/m0/s1. The second kappa shape index (κ2) is 7.60. The third kappa shape index (κ3) is 3.80. The van der Waals surface area contributed by atoms with Crippen molar-refractivity contribution in [1.29, 1.82) is 0 Å². The zero-order chi connectivity index (χ0) is 18.9. The number of imidazole rings is 1. The number of aromatic nitrogens is 2. The third-order valence-electron chi connectivity index (χ3n) is 5.63. The summed E-state index contributed by atoms with van der Waals surface area (Å²) in [6.45, 7) is 0.525. The molecule has 2 aliphatic rings. The van der Waals surface area contributed by atoms with Gasteiger partial charge in [-0.1, -0.05) is 30.3 Å². The Kier molecular flexibility index (Phi) is 4.82. The van der Waals surface area contributed by atoms with Crippen LogP contribution >= 0.6 is 11.8 Å². The van der Waals surface area contributed by atoms with Crippen LogP contribution in [-0.2, 0) is 11.3 Å². The number of thioether (sulfide) groups is 1. The predicted molar refractivity (Wildman–Crippen MR) is 113 cm³/mol. The number of benzene rings is 2. The maximum Gasteiger partial charge on any atom is 0.238 e. The van der Waals surface area contributed by atoms with Crippen molar-refractivity contribution in [2.24, 2.45) is 0 Å². The molecule has 2 heterocycles. The summed E-state index contributed by atoms with van der Waals surface area (Å²) in [4.78, 5) is 20.0. The van der Waals surface area contributed by atoms with Gasteiger partial charge >= 0.3 is 0 Å². The van der Waals surface area contributed by atoms with Crippen molar-refractivity contribution in [1.82, 2.24) is 20.6 Å². The fourth-order valence-electron chi connectivity index (χ4n) is 3.81. The molecule has 5 rings (SSSR count). The Labute approximate surface area is 168 Å². The number of rotatable bonds is 5. The van der Waals surface area contributed by atoms with Crippen LogP contribution in [0.5, 0.6) is 0 Å². The van der Waals surface area contributed by atoms with E-state index in [9.17, 15) is 4.79 Å². The van der Waals surface area contributed by atoms with Gasteiger partial charge < -0.3 is 10.3 Å². The highest BCUT2D eigenvalue weighted by atomic mass is 32.2. The molecule has 0 bridgehead atoms. The molecule has 1 unspecified atom stereocenters. The Hall–Kier alpha value is -2.31. The first-order valence-electron chi connectivity index (χ1n) is 9.89. The lowest BCUT2D eigenvalue weighted by molar-refractivity contribution is -0.123. The molecular weight excluding hydrogens is 368 g/mol. The SMILES string of the molecule is O=C(NCc1ccc2nc[nH]c2c1)[C@@H]1CSCC(c2ccc(C3CC3)cc2)N1. The van der Waals surface area contributed by atoms with Crippen LogP contribution in [0.3, 0.4) is 0 Å². The molecule has 28 heavy (non-hydrogen) atoms. The molecule has 144 valence electrons. The van der Waals surface area contributed by atoms with Gasteiger partial charge in [0, 0.05) is 24.1 Å². The molecule has 2 fully saturated rings. The molecule has 1 saturated heterocycles. The molecule has 1 aliphatic carbocycles. The summed E-state index contributed by atoms with van der Waals surface area (Å²) in [5, 5.41) is 6.63. The number of fused-ring (bicyclic) bond motifs is 1. The maximum absolute atomic E-state index is 12.7. The van der Waals surface area contributed by atoms with E-state index in [1.165, 1.54) is 24.0 Å². The number of H-pyrrole nitrogens is 1. The van der Waals surface area contributed by atoms with Crippen LogP contribution in [0.2, 0.25) is 0 Å². The van der Waals surface area contributed by atoms with Gasteiger partial charge in [-0.05, 0) is 47.6 Å². The van der Waals surface area contributed by atoms with E-state index in [1.807, 2.05) is 30.0 Å². The number of hydrogen-bond donors (Lipinski definition) is 3. The number of carbonyl (C=O) groups is 1. The Bertz CT molecular complexity index is 980. The lowest BCUT2D eigenvalue weighted by Gasteiger charge is -2.30. The van der Waals surface area contributed by atoms with Crippen molar-refractivity contribution >= 4 is 28.7 Å². The second-order valence-corrected chi connectivity index (χ2v) is 8.80. The van der Waals surface area contributed by atoms with Crippen LogP contribution in [-0.4, -0.2) is 33.4 Å². The Morgan fingerprint density at radius 3 is 2.75 bits per heavy atom. The smallest absolute Gasteiger partial charge is 0.238 e. The van der Waals surface area contributed by atoms with Crippen molar-refractivity contribution < 1.29 is 4.79 Å². The summed E-state index contributed by atoms with van der Waals surface area (Å²) >= 11 is 1.85. The van der Waals surface area contributed by atoms with Gasteiger partial charge in [0.05, 0.1) is 23.4 Å². The molecule has 1 aliphatic heterocycles. The van der Waals surface area contributed by atoms with Gasteiger partial charge in [0.1, 0.15) is 0 Å². The van der Waals surface area contributed by atoms with Crippen LogP contribution < -0.4 is 10.6 Å². The number of nitrogens with one attached hydrogen (secondary N) is 3. The normalized spacial score (nSPS) is 22.3. The molecule has 1 aromatic heterocycles. The first-order valence-corrected chi connectivity index (χ1v) is 11.0. The van der Waals surface area contributed by atoms with E-state index >= 15 is 0 Å². The molecule has 0 radical (unpaired) electrons. The summed E-state index contributed by atoms with van der Waals surface area (Å²) in [5.41, 5.74) is 5.74. The Morgan fingerprint density at radius 1 is 1.11 bits per heavy atom. The number of hydrogen-bond acceptors (Lipinski definition) is 4. The summed E-state index contributed by atoms with van der Waals surface area (Å²) < 4.78 is 0. The molecular formula is C22H24N4OS. The van der Waals surface area contributed by atoms with Gasteiger partial charge in [-0.2, -0.15) is 11.8 Å². The van der Waals surface area contributed by atoms with Gasteiger partial charge in [0.25, 0.3) is 0 Å². The predicted octanol–water partition coefficient (Wildman–Crippen LogP) is 3.50. The minimum absolute atomic E-state index is 0.0662. The molecule has 3 N–H and O–H groups in total.